The Kier molecular flexibility index (Phi) is 4.29. The fraction of sp³-hybridized carbons (Fsp3) is 0.167. The number of phenolic OH excluding ortho intramolecular Hbond substituents is 1. The van der Waals surface area contributed by atoms with E-state index in [1.165, 1.54) is 0 Å². The smallest absolute Gasteiger partial charge is 0.337 e. The second-order valence-corrected chi connectivity index (χ2v) is 5.44. The molecule has 0 spiro atoms. The molecule has 1 saturated heterocycles. The highest BCUT2D eigenvalue weighted by Crippen LogP contribution is 2.29. The number of rotatable bonds is 4. The Balaban J connectivity index is 1.73. The Bertz CT molecular complexity index is 799. The molecular formula is C18H15NO5. The van der Waals surface area contributed by atoms with Gasteiger partial charge < -0.3 is 9.94 Å². The van der Waals surface area contributed by atoms with E-state index in [1.54, 1.807) is 42.5 Å². The largest absolute Gasteiger partial charge is 0.507 e. The van der Waals surface area contributed by atoms with Gasteiger partial charge in [-0.1, -0.05) is 42.5 Å². The van der Waals surface area contributed by atoms with Crippen LogP contribution in [0.15, 0.2) is 48.5 Å². The van der Waals surface area contributed by atoms with E-state index in [2.05, 4.69) is 0 Å². The number of amides is 2. The normalized spacial score (nSPS) is 14.1. The van der Waals surface area contributed by atoms with Crippen LogP contribution in [-0.2, 0) is 25.6 Å². The van der Waals surface area contributed by atoms with Crippen LogP contribution in [0, 0.1) is 0 Å². The molecule has 1 aliphatic heterocycles. The van der Waals surface area contributed by atoms with Crippen molar-refractivity contribution >= 4 is 17.8 Å². The highest BCUT2D eigenvalue weighted by atomic mass is 16.7. The molecule has 6 heteroatoms. The second-order valence-electron chi connectivity index (χ2n) is 5.44. The van der Waals surface area contributed by atoms with Gasteiger partial charge in [0.1, 0.15) is 5.75 Å². The van der Waals surface area contributed by atoms with Crippen molar-refractivity contribution in [3.05, 3.63) is 54.1 Å². The third-order valence-corrected chi connectivity index (χ3v) is 3.69. The van der Waals surface area contributed by atoms with Crippen LogP contribution < -0.4 is 0 Å². The number of para-hydroxylation sites is 1. The Morgan fingerprint density at radius 3 is 2.46 bits per heavy atom. The minimum atomic E-state index is -0.687. The van der Waals surface area contributed by atoms with Crippen LogP contribution in [0.2, 0.25) is 0 Å². The van der Waals surface area contributed by atoms with Gasteiger partial charge in [-0.15, -0.1) is 5.06 Å². The number of carbonyl (C=O) groups is 3. The number of hydroxylamine groups is 2. The summed E-state index contributed by atoms with van der Waals surface area (Å²) in [5, 5.41) is 10.4. The van der Waals surface area contributed by atoms with Gasteiger partial charge >= 0.3 is 5.97 Å². The molecule has 2 amide bonds. The third-order valence-electron chi connectivity index (χ3n) is 3.69. The van der Waals surface area contributed by atoms with E-state index in [-0.39, 0.29) is 25.0 Å². The van der Waals surface area contributed by atoms with E-state index in [4.69, 9.17) is 4.84 Å². The van der Waals surface area contributed by atoms with Crippen LogP contribution in [0.4, 0.5) is 0 Å². The van der Waals surface area contributed by atoms with Crippen LogP contribution in [0.25, 0.3) is 11.1 Å². The van der Waals surface area contributed by atoms with E-state index < -0.39 is 17.8 Å². The molecule has 6 nitrogen and oxygen atoms in total. The van der Waals surface area contributed by atoms with Gasteiger partial charge in [-0.25, -0.2) is 4.79 Å². The summed E-state index contributed by atoms with van der Waals surface area (Å²) in [6.07, 6.45) is 0.0439. The molecule has 3 rings (SSSR count). The first kappa shape index (κ1) is 15.7. The van der Waals surface area contributed by atoms with Gasteiger partial charge in [0.25, 0.3) is 11.8 Å². The van der Waals surface area contributed by atoms with Crippen molar-refractivity contribution in [2.75, 3.05) is 0 Å². The molecule has 0 aromatic heterocycles. The molecule has 0 unspecified atom stereocenters. The Morgan fingerprint density at radius 2 is 1.75 bits per heavy atom. The summed E-state index contributed by atoms with van der Waals surface area (Å²) in [5.74, 6) is -1.55. The summed E-state index contributed by atoms with van der Waals surface area (Å²) < 4.78 is 0. The monoisotopic (exact) mass is 325 g/mol. The number of imide groups is 1. The van der Waals surface area contributed by atoms with Crippen LogP contribution in [0.5, 0.6) is 5.75 Å². The Morgan fingerprint density at radius 1 is 1.04 bits per heavy atom. The van der Waals surface area contributed by atoms with Gasteiger partial charge in [0, 0.05) is 18.4 Å². The summed E-state index contributed by atoms with van der Waals surface area (Å²) in [6, 6.07) is 14.0. The number of benzene rings is 2. The lowest BCUT2D eigenvalue weighted by Crippen LogP contribution is -2.32. The summed E-state index contributed by atoms with van der Waals surface area (Å²) in [7, 11) is 0. The topological polar surface area (TPSA) is 83.9 Å². The minimum Gasteiger partial charge on any atom is -0.507 e. The fourth-order valence-corrected chi connectivity index (χ4v) is 2.53. The lowest BCUT2D eigenvalue weighted by molar-refractivity contribution is -0.197. The maximum Gasteiger partial charge on any atom is 0.337 e. The predicted octanol–water partition coefficient (Wildman–Crippen LogP) is 2.21. The van der Waals surface area contributed by atoms with Gasteiger partial charge in [-0.3, -0.25) is 9.59 Å². The number of hydrogen-bond acceptors (Lipinski definition) is 5. The van der Waals surface area contributed by atoms with Crippen LogP contribution >= 0.6 is 0 Å². The van der Waals surface area contributed by atoms with Crippen molar-refractivity contribution in [2.24, 2.45) is 0 Å². The first-order chi connectivity index (χ1) is 11.5. The van der Waals surface area contributed by atoms with Crippen molar-refractivity contribution in [3.63, 3.8) is 0 Å². The van der Waals surface area contributed by atoms with Gasteiger partial charge in [0.2, 0.25) is 0 Å². The predicted molar refractivity (Wildman–Crippen MR) is 84.4 cm³/mol. The zero-order chi connectivity index (χ0) is 17.1. The van der Waals surface area contributed by atoms with E-state index >= 15 is 0 Å². The van der Waals surface area contributed by atoms with Crippen LogP contribution in [0.3, 0.4) is 0 Å². The molecule has 24 heavy (non-hydrogen) atoms. The van der Waals surface area contributed by atoms with Gasteiger partial charge in [0.05, 0.1) is 6.42 Å². The summed E-state index contributed by atoms with van der Waals surface area (Å²) in [4.78, 5) is 39.7. The van der Waals surface area contributed by atoms with Crippen molar-refractivity contribution in [2.45, 2.75) is 19.3 Å². The number of phenols is 1. The van der Waals surface area contributed by atoms with Gasteiger partial charge in [-0.2, -0.15) is 0 Å². The first-order valence-corrected chi connectivity index (χ1v) is 7.48. The maximum absolute atomic E-state index is 12.0. The zero-order valence-corrected chi connectivity index (χ0v) is 12.8. The average Bonchev–Trinajstić information content (AvgIpc) is 2.87. The SMILES string of the molecule is O=C(Cc1cccc(-c2ccccc2O)c1)ON1C(=O)CCC1=O. The number of hydrogen-bond donors (Lipinski definition) is 1. The standard InChI is InChI=1S/C18H15NO5/c20-15-7-2-1-6-14(15)13-5-3-4-12(10-13)11-18(23)24-19-16(21)8-9-17(19)22/h1-7,10,20H,8-9,11H2. The zero-order valence-electron chi connectivity index (χ0n) is 12.8. The highest BCUT2D eigenvalue weighted by Gasteiger charge is 2.32. The molecule has 0 atom stereocenters. The number of aromatic hydroxyl groups is 1. The van der Waals surface area contributed by atoms with E-state index in [0.29, 0.717) is 16.2 Å². The highest BCUT2D eigenvalue weighted by molar-refractivity contribution is 6.01. The molecule has 1 heterocycles. The van der Waals surface area contributed by atoms with Crippen molar-refractivity contribution in [3.8, 4) is 16.9 Å². The van der Waals surface area contributed by atoms with Crippen molar-refractivity contribution < 1.29 is 24.3 Å². The molecule has 1 aliphatic rings. The average molecular weight is 325 g/mol. The lowest BCUT2D eigenvalue weighted by Gasteiger charge is -2.13. The molecule has 1 N–H and O–H groups in total. The molecule has 0 saturated carbocycles. The van der Waals surface area contributed by atoms with Crippen LogP contribution in [0.1, 0.15) is 18.4 Å². The quantitative estimate of drug-likeness (QED) is 0.871. The first-order valence-electron chi connectivity index (χ1n) is 7.48. The van der Waals surface area contributed by atoms with Crippen LogP contribution in [-0.4, -0.2) is 28.0 Å². The van der Waals surface area contributed by atoms with E-state index in [9.17, 15) is 19.5 Å². The Labute approximate surface area is 138 Å². The molecule has 2 aromatic rings. The number of nitrogens with zero attached hydrogens (tertiary/aromatic N) is 1. The van der Waals surface area contributed by atoms with Gasteiger partial charge in [-0.05, 0) is 17.2 Å². The Hall–Kier alpha value is -3.15. The van der Waals surface area contributed by atoms with E-state index in [0.717, 1.165) is 5.56 Å². The fourth-order valence-electron chi connectivity index (χ4n) is 2.53. The second kappa shape index (κ2) is 6.54. The van der Waals surface area contributed by atoms with Crippen molar-refractivity contribution in [1.29, 1.82) is 0 Å². The van der Waals surface area contributed by atoms with E-state index in [1.807, 2.05) is 6.07 Å². The number of carbonyl (C=O) groups excluding carboxylic acids is 3. The maximum atomic E-state index is 12.0. The molecule has 0 radical (unpaired) electrons. The molecule has 0 aliphatic carbocycles. The molecule has 0 bridgehead atoms. The molecule has 2 aromatic carbocycles. The lowest BCUT2D eigenvalue weighted by atomic mass is 10.0. The van der Waals surface area contributed by atoms with Crippen molar-refractivity contribution in [1.82, 2.24) is 5.06 Å². The molecule has 122 valence electrons. The third kappa shape index (κ3) is 3.27. The summed E-state index contributed by atoms with van der Waals surface area (Å²) in [5.41, 5.74) is 2.06. The molecular weight excluding hydrogens is 310 g/mol. The summed E-state index contributed by atoms with van der Waals surface area (Å²) >= 11 is 0. The molecule has 1 fully saturated rings. The minimum absolute atomic E-state index is 0.0644. The van der Waals surface area contributed by atoms with Gasteiger partial charge in [0.15, 0.2) is 0 Å². The summed E-state index contributed by atoms with van der Waals surface area (Å²) in [6.45, 7) is 0.